The third-order valence-electron chi connectivity index (χ3n) is 4.19. The summed E-state index contributed by atoms with van der Waals surface area (Å²) in [6, 6.07) is 22.0. The molecule has 3 aromatic carbocycles. The SMILES string of the molecule is O=c1c2cc(I)ccc2nc(C=Cc2ccc(O)cc2)n1-c1ccccc1. The summed E-state index contributed by atoms with van der Waals surface area (Å²) in [6.07, 6.45) is 3.69. The van der Waals surface area contributed by atoms with E-state index in [1.807, 2.05) is 60.7 Å². The zero-order chi connectivity index (χ0) is 18.8. The molecule has 0 fully saturated rings. The Morgan fingerprint density at radius 2 is 1.67 bits per heavy atom. The molecule has 0 bridgehead atoms. The maximum atomic E-state index is 13.2. The largest absolute Gasteiger partial charge is 0.508 e. The normalized spacial score (nSPS) is 11.3. The standard InChI is InChI=1S/C22H15IN2O2/c23-16-9-12-20-19(14-16)22(27)25(17-4-2-1-3-5-17)21(24-20)13-8-15-6-10-18(26)11-7-15/h1-14,26H. The first-order chi connectivity index (χ1) is 13.1. The van der Waals surface area contributed by atoms with Gasteiger partial charge >= 0.3 is 0 Å². The van der Waals surface area contributed by atoms with Crippen LogP contribution in [0.25, 0.3) is 28.7 Å². The Hall–Kier alpha value is -2.93. The molecule has 5 heteroatoms. The monoisotopic (exact) mass is 466 g/mol. The van der Waals surface area contributed by atoms with Gasteiger partial charge in [-0.3, -0.25) is 9.36 Å². The lowest BCUT2D eigenvalue weighted by Crippen LogP contribution is -2.22. The molecule has 0 unspecified atom stereocenters. The second-order valence-electron chi connectivity index (χ2n) is 6.03. The predicted molar refractivity (Wildman–Crippen MR) is 117 cm³/mol. The van der Waals surface area contributed by atoms with Gasteiger partial charge in [0.25, 0.3) is 5.56 Å². The van der Waals surface area contributed by atoms with Crippen molar-refractivity contribution in [2.75, 3.05) is 0 Å². The topological polar surface area (TPSA) is 55.1 Å². The van der Waals surface area contributed by atoms with E-state index >= 15 is 0 Å². The summed E-state index contributed by atoms with van der Waals surface area (Å²) in [5, 5.41) is 10.0. The maximum Gasteiger partial charge on any atom is 0.266 e. The van der Waals surface area contributed by atoms with Gasteiger partial charge < -0.3 is 5.11 Å². The molecular weight excluding hydrogens is 451 g/mol. The van der Waals surface area contributed by atoms with Crippen molar-refractivity contribution in [2.24, 2.45) is 0 Å². The van der Waals surface area contributed by atoms with Gasteiger partial charge in [0.15, 0.2) is 0 Å². The fourth-order valence-electron chi connectivity index (χ4n) is 2.87. The summed E-state index contributed by atoms with van der Waals surface area (Å²) < 4.78 is 2.61. The number of hydrogen-bond donors (Lipinski definition) is 1. The molecule has 4 aromatic rings. The van der Waals surface area contributed by atoms with Crippen LogP contribution in [0.5, 0.6) is 5.75 Å². The molecule has 4 rings (SSSR count). The van der Waals surface area contributed by atoms with Crippen molar-refractivity contribution < 1.29 is 5.11 Å². The smallest absolute Gasteiger partial charge is 0.266 e. The first-order valence-electron chi connectivity index (χ1n) is 8.37. The van der Waals surface area contributed by atoms with Crippen LogP contribution in [0, 0.1) is 3.57 Å². The Kier molecular flexibility index (Phi) is 4.77. The van der Waals surface area contributed by atoms with Gasteiger partial charge in [-0.2, -0.15) is 0 Å². The zero-order valence-electron chi connectivity index (χ0n) is 14.2. The quantitative estimate of drug-likeness (QED) is 0.439. The number of rotatable bonds is 3. The van der Waals surface area contributed by atoms with Crippen molar-refractivity contribution in [3.05, 3.63) is 98.1 Å². The Balaban J connectivity index is 1.94. The van der Waals surface area contributed by atoms with E-state index in [0.29, 0.717) is 16.7 Å². The summed E-state index contributed by atoms with van der Waals surface area (Å²) in [5.74, 6) is 0.764. The van der Waals surface area contributed by atoms with Crippen LogP contribution in [0.1, 0.15) is 11.4 Å². The van der Waals surface area contributed by atoms with E-state index in [-0.39, 0.29) is 11.3 Å². The van der Waals surface area contributed by atoms with Gasteiger partial charge in [-0.25, -0.2) is 4.98 Å². The van der Waals surface area contributed by atoms with E-state index < -0.39 is 0 Å². The Morgan fingerprint density at radius 3 is 2.41 bits per heavy atom. The van der Waals surface area contributed by atoms with Crippen molar-refractivity contribution in [3.63, 3.8) is 0 Å². The first-order valence-corrected chi connectivity index (χ1v) is 9.44. The van der Waals surface area contributed by atoms with Crippen LogP contribution in [0.4, 0.5) is 0 Å². The molecule has 0 saturated heterocycles. The van der Waals surface area contributed by atoms with Crippen molar-refractivity contribution in [1.29, 1.82) is 0 Å². The fraction of sp³-hybridized carbons (Fsp3) is 0. The van der Waals surface area contributed by atoms with Crippen LogP contribution in [0.3, 0.4) is 0 Å². The highest BCUT2D eigenvalue weighted by atomic mass is 127. The summed E-state index contributed by atoms with van der Waals surface area (Å²) in [6.45, 7) is 0. The average Bonchev–Trinajstić information content (AvgIpc) is 2.69. The second-order valence-corrected chi connectivity index (χ2v) is 7.28. The van der Waals surface area contributed by atoms with Crippen LogP contribution >= 0.6 is 22.6 Å². The number of phenols is 1. The van der Waals surface area contributed by atoms with Crippen LogP contribution in [0.15, 0.2) is 77.6 Å². The van der Waals surface area contributed by atoms with E-state index in [4.69, 9.17) is 4.98 Å². The maximum absolute atomic E-state index is 13.2. The molecule has 132 valence electrons. The summed E-state index contributed by atoms with van der Waals surface area (Å²) in [4.78, 5) is 17.9. The van der Waals surface area contributed by atoms with Gasteiger partial charge in [0.1, 0.15) is 11.6 Å². The van der Waals surface area contributed by atoms with Crippen molar-refractivity contribution >= 4 is 45.6 Å². The second kappa shape index (κ2) is 7.36. The van der Waals surface area contributed by atoms with Crippen LogP contribution in [-0.4, -0.2) is 14.7 Å². The van der Waals surface area contributed by atoms with E-state index in [2.05, 4.69) is 22.6 Å². The number of fused-ring (bicyclic) bond motifs is 1. The van der Waals surface area contributed by atoms with E-state index in [9.17, 15) is 9.90 Å². The predicted octanol–water partition coefficient (Wildman–Crippen LogP) is 4.87. The molecule has 0 atom stereocenters. The van der Waals surface area contributed by atoms with Gasteiger partial charge in [-0.05, 0) is 76.7 Å². The number of aromatic nitrogens is 2. The van der Waals surface area contributed by atoms with Gasteiger partial charge in [-0.15, -0.1) is 0 Å². The number of phenolic OH excluding ortho intramolecular Hbond substituents is 1. The number of aromatic hydroxyl groups is 1. The van der Waals surface area contributed by atoms with Crippen LogP contribution in [-0.2, 0) is 0 Å². The Morgan fingerprint density at radius 1 is 0.926 bits per heavy atom. The highest BCUT2D eigenvalue weighted by Crippen LogP contribution is 2.18. The van der Waals surface area contributed by atoms with Crippen LogP contribution < -0.4 is 5.56 Å². The van der Waals surface area contributed by atoms with Gasteiger partial charge in [0.05, 0.1) is 16.6 Å². The van der Waals surface area contributed by atoms with Crippen molar-refractivity contribution in [3.8, 4) is 11.4 Å². The molecular formula is C22H15IN2O2. The average molecular weight is 466 g/mol. The minimum Gasteiger partial charge on any atom is -0.508 e. The number of nitrogens with zero attached hydrogens (tertiary/aromatic N) is 2. The molecule has 0 radical (unpaired) electrons. The molecule has 0 spiro atoms. The molecule has 0 aliphatic heterocycles. The lowest BCUT2D eigenvalue weighted by molar-refractivity contribution is 0.475. The molecule has 0 aliphatic rings. The number of hydrogen-bond acceptors (Lipinski definition) is 3. The zero-order valence-corrected chi connectivity index (χ0v) is 16.4. The summed E-state index contributed by atoms with van der Waals surface area (Å²) in [7, 11) is 0. The van der Waals surface area contributed by atoms with Crippen molar-refractivity contribution in [1.82, 2.24) is 9.55 Å². The molecule has 1 N–H and O–H groups in total. The van der Waals surface area contributed by atoms with Crippen LogP contribution in [0.2, 0.25) is 0 Å². The van der Waals surface area contributed by atoms with E-state index in [0.717, 1.165) is 14.8 Å². The third kappa shape index (κ3) is 3.64. The fourth-order valence-corrected chi connectivity index (χ4v) is 3.36. The lowest BCUT2D eigenvalue weighted by Gasteiger charge is -2.11. The van der Waals surface area contributed by atoms with Gasteiger partial charge in [-0.1, -0.05) is 36.4 Å². The highest BCUT2D eigenvalue weighted by Gasteiger charge is 2.11. The molecule has 0 amide bonds. The lowest BCUT2D eigenvalue weighted by atomic mass is 10.2. The summed E-state index contributed by atoms with van der Waals surface area (Å²) in [5.41, 5.74) is 2.23. The molecule has 0 saturated carbocycles. The minimum absolute atomic E-state index is 0.102. The third-order valence-corrected chi connectivity index (χ3v) is 4.86. The minimum atomic E-state index is -0.102. The van der Waals surface area contributed by atoms with E-state index in [1.54, 1.807) is 28.8 Å². The molecule has 4 nitrogen and oxygen atoms in total. The highest BCUT2D eigenvalue weighted by molar-refractivity contribution is 14.1. The Bertz CT molecular complexity index is 1200. The molecule has 1 aromatic heterocycles. The number of benzene rings is 3. The van der Waals surface area contributed by atoms with Gasteiger partial charge in [0.2, 0.25) is 0 Å². The molecule has 0 aliphatic carbocycles. The summed E-state index contributed by atoms with van der Waals surface area (Å²) >= 11 is 2.20. The van der Waals surface area contributed by atoms with Crippen molar-refractivity contribution in [2.45, 2.75) is 0 Å². The van der Waals surface area contributed by atoms with E-state index in [1.165, 1.54) is 0 Å². The van der Waals surface area contributed by atoms with Gasteiger partial charge in [0, 0.05) is 3.57 Å². The molecule has 27 heavy (non-hydrogen) atoms. The molecule has 1 heterocycles. The first kappa shape index (κ1) is 17.5. The number of halogens is 1. The number of para-hydroxylation sites is 1. The Labute approximate surface area is 169 Å².